The van der Waals surface area contributed by atoms with Gasteiger partial charge in [0, 0.05) is 17.0 Å². The summed E-state index contributed by atoms with van der Waals surface area (Å²) in [4.78, 5) is 28.9. The van der Waals surface area contributed by atoms with Gasteiger partial charge >= 0.3 is 5.69 Å². The molecule has 2 aromatic heterocycles. The number of aromatic amines is 1. The minimum atomic E-state index is -0.474. The Labute approximate surface area is 105 Å². The Morgan fingerprint density at radius 1 is 1.47 bits per heavy atom. The molecular weight excluding hydrogens is 250 g/mol. The fourth-order valence-corrected chi connectivity index (χ4v) is 2.12. The van der Waals surface area contributed by atoms with E-state index in [9.17, 15) is 14.9 Å². The van der Waals surface area contributed by atoms with E-state index in [0.29, 0.717) is 28.5 Å². The third-order valence-corrected chi connectivity index (χ3v) is 3.02. The van der Waals surface area contributed by atoms with Crippen LogP contribution < -0.4 is 5.69 Å². The van der Waals surface area contributed by atoms with Gasteiger partial charge in [-0.15, -0.1) is 0 Å². The number of nitro benzene ring substituents is 1. The van der Waals surface area contributed by atoms with Gasteiger partial charge in [0.2, 0.25) is 0 Å². The SMILES string of the molecule is CCc1cc2c(cc1[N+](=O)[O-])[nH]c(=O)n1ncnc21. The van der Waals surface area contributed by atoms with Crippen molar-refractivity contribution in [2.45, 2.75) is 13.3 Å². The molecule has 0 aliphatic rings. The molecule has 0 aliphatic heterocycles. The molecule has 96 valence electrons. The van der Waals surface area contributed by atoms with Crippen LogP contribution in [0.4, 0.5) is 5.69 Å². The Kier molecular flexibility index (Phi) is 2.31. The van der Waals surface area contributed by atoms with Crippen molar-refractivity contribution in [3.8, 4) is 0 Å². The number of aryl methyl sites for hydroxylation is 1. The molecule has 3 rings (SSSR count). The first kappa shape index (κ1) is 11.3. The highest BCUT2D eigenvalue weighted by Gasteiger charge is 2.16. The van der Waals surface area contributed by atoms with Gasteiger partial charge in [0.25, 0.3) is 5.69 Å². The zero-order valence-corrected chi connectivity index (χ0v) is 9.95. The van der Waals surface area contributed by atoms with Crippen molar-refractivity contribution in [1.82, 2.24) is 19.6 Å². The molecule has 19 heavy (non-hydrogen) atoms. The highest BCUT2D eigenvalue weighted by Crippen LogP contribution is 2.26. The number of rotatable bonds is 2. The van der Waals surface area contributed by atoms with Crippen molar-refractivity contribution in [1.29, 1.82) is 0 Å². The van der Waals surface area contributed by atoms with Crippen LogP contribution in [0.1, 0.15) is 12.5 Å². The first-order valence-corrected chi connectivity index (χ1v) is 5.65. The van der Waals surface area contributed by atoms with E-state index in [1.807, 2.05) is 6.92 Å². The van der Waals surface area contributed by atoms with Crippen LogP contribution in [0.5, 0.6) is 0 Å². The van der Waals surface area contributed by atoms with E-state index in [1.54, 1.807) is 6.07 Å². The fraction of sp³-hybridized carbons (Fsp3) is 0.182. The number of nitrogens with one attached hydrogen (secondary N) is 1. The molecule has 0 aliphatic carbocycles. The quantitative estimate of drug-likeness (QED) is 0.546. The first-order chi connectivity index (χ1) is 9.11. The van der Waals surface area contributed by atoms with Crippen molar-refractivity contribution in [3.63, 3.8) is 0 Å². The van der Waals surface area contributed by atoms with Gasteiger partial charge in [-0.3, -0.25) is 10.1 Å². The van der Waals surface area contributed by atoms with Gasteiger partial charge in [-0.25, -0.2) is 9.78 Å². The Bertz CT molecular complexity index is 864. The number of nitrogens with zero attached hydrogens (tertiary/aromatic N) is 4. The lowest BCUT2D eigenvalue weighted by atomic mass is 10.1. The molecule has 0 saturated heterocycles. The lowest BCUT2D eigenvalue weighted by Crippen LogP contribution is -2.17. The Morgan fingerprint density at radius 3 is 2.95 bits per heavy atom. The third kappa shape index (κ3) is 1.57. The van der Waals surface area contributed by atoms with Gasteiger partial charge < -0.3 is 4.98 Å². The number of benzene rings is 1. The van der Waals surface area contributed by atoms with Crippen LogP contribution in [-0.4, -0.2) is 24.5 Å². The second-order valence-electron chi connectivity index (χ2n) is 4.06. The van der Waals surface area contributed by atoms with Crippen LogP contribution in [0, 0.1) is 10.1 Å². The zero-order chi connectivity index (χ0) is 13.6. The predicted octanol–water partition coefficient (Wildman–Crippen LogP) is 1.04. The van der Waals surface area contributed by atoms with E-state index in [1.165, 1.54) is 12.4 Å². The lowest BCUT2D eigenvalue weighted by Gasteiger charge is -2.04. The van der Waals surface area contributed by atoms with E-state index >= 15 is 0 Å². The summed E-state index contributed by atoms with van der Waals surface area (Å²) in [7, 11) is 0. The van der Waals surface area contributed by atoms with Crippen molar-refractivity contribution < 1.29 is 4.92 Å². The smallest absolute Gasteiger partial charge is 0.305 e. The molecule has 0 fully saturated rings. The highest BCUT2D eigenvalue weighted by atomic mass is 16.6. The van der Waals surface area contributed by atoms with Gasteiger partial charge in [-0.2, -0.15) is 9.61 Å². The van der Waals surface area contributed by atoms with E-state index < -0.39 is 10.6 Å². The second-order valence-corrected chi connectivity index (χ2v) is 4.06. The van der Waals surface area contributed by atoms with E-state index in [2.05, 4.69) is 15.1 Å². The van der Waals surface area contributed by atoms with Gasteiger partial charge in [-0.1, -0.05) is 6.92 Å². The molecule has 3 aromatic rings. The summed E-state index contributed by atoms with van der Waals surface area (Å²) < 4.78 is 1.13. The van der Waals surface area contributed by atoms with Gasteiger partial charge in [0.15, 0.2) is 5.65 Å². The standard InChI is InChI=1S/C11H9N5O3/c1-2-6-3-7-8(4-9(6)16(18)19)14-11(17)15-10(7)12-5-13-15/h3-5H,2H2,1H3,(H,14,17). The van der Waals surface area contributed by atoms with Crippen molar-refractivity contribution in [3.05, 3.63) is 44.6 Å². The summed E-state index contributed by atoms with van der Waals surface area (Å²) in [5, 5.41) is 15.5. The minimum absolute atomic E-state index is 0.00508. The van der Waals surface area contributed by atoms with E-state index in [0.717, 1.165) is 4.52 Å². The van der Waals surface area contributed by atoms with Crippen molar-refractivity contribution >= 4 is 22.2 Å². The number of hydrogen-bond donors (Lipinski definition) is 1. The molecule has 0 saturated carbocycles. The summed E-state index contributed by atoms with van der Waals surface area (Å²) in [6.07, 6.45) is 1.79. The van der Waals surface area contributed by atoms with Gasteiger partial charge in [-0.05, 0) is 12.5 Å². The molecule has 0 bridgehead atoms. The maximum Gasteiger partial charge on any atom is 0.348 e. The minimum Gasteiger partial charge on any atom is -0.305 e. The molecule has 0 radical (unpaired) electrons. The first-order valence-electron chi connectivity index (χ1n) is 5.65. The van der Waals surface area contributed by atoms with Gasteiger partial charge in [0.1, 0.15) is 6.33 Å². The monoisotopic (exact) mass is 259 g/mol. The highest BCUT2D eigenvalue weighted by molar-refractivity contribution is 5.93. The molecule has 0 atom stereocenters. The largest absolute Gasteiger partial charge is 0.348 e. The van der Waals surface area contributed by atoms with Crippen molar-refractivity contribution in [2.75, 3.05) is 0 Å². The van der Waals surface area contributed by atoms with Crippen LogP contribution >= 0.6 is 0 Å². The number of H-pyrrole nitrogens is 1. The average molecular weight is 259 g/mol. The molecule has 8 nitrogen and oxygen atoms in total. The molecular formula is C11H9N5O3. The molecule has 0 unspecified atom stereocenters. The van der Waals surface area contributed by atoms with Crippen LogP contribution in [0.15, 0.2) is 23.3 Å². The molecule has 2 heterocycles. The fourth-order valence-electron chi connectivity index (χ4n) is 2.12. The predicted molar refractivity (Wildman–Crippen MR) is 67.1 cm³/mol. The summed E-state index contributed by atoms with van der Waals surface area (Å²) in [5.41, 5.74) is 0.889. The Morgan fingerprint density at radius 2 is 2.26 bits per heavy atom. The van der Waals surface area contributed by atoms with Crippen LogP contribution in [-0.2, 0) is 6.42 Å². The maximum atomic E-state index is 11.7. The van der Waals surface area contributed by atoms with Crippen LogP contribution in [0.2, 0.25) is 0 Å². The second kappa shape index (κ2) is 3.87. The summed E-state index contributed by atoms with van der Waals surface area (Å²) >= 11 is 0. The van der Waals surface area contributed by atoms with Gasteiger partial charge in [0.05, 0.1) is 10.4 Å². The molecule has 0 spiro atoms. The lowest BCUT2D eigenvalue weighted by molar-refractivity contribution is -0.385. The van der Waals surface area contributed by atoms with Crippen LogP contribution in [0.3, 0.4) is 0 Å². The summed E-state index contributed by atoms with van der Waals surface area (Å²) in [6.45, 7) is 1.83. The average Bonchev–Trinajstić information content (AvgIpc) is 2.87. The maximum absolute atomic E-state index is 11.7. The molecule has 1 aromatic carbocycles. The number of fused-ring (bicyclic) bond motifs is 3. The van der Waals surface area contributed by atoms with Crippen LogP contribution in [0.25, 0.3) is 16.6 Å². The number of aromatic nitrogens is 4. The van der Waals surface area contributed by atoms with E-state index in [4.69, 9.17) is 0 Å². The van der Waals surface area contributed by atoms with Crippen molar-refractivity contribution in [2.24, 2.45) is 0 Å². The Hall–Kier alpha value is -2.77. The molecule has 0 amide bonds. The summed E-state index contributed by atoms with van der Waals surface area (Å²) in [5.74, 6) is 0. The number of nitro groups is 1. The normalized spacial score (nSPS) is 11.2. The zero-order valence-electron chi connectivity index (χ0n) is 9.95. The summed E-state index contributed by atoms with van der Waals surface area (Å²) in [6, 6.07) is 3.04. The molecule has 1 N–H and O–H groups in total. The Balaban J connectivity index is 2.51. The number of hydrogen-bond acceptors (Lipinski definition) is 5. The third-order valence-electron chi connectivity index (χ3n) is 3.02. The molecule has 8 heteroatoms. The topological polar surface area (TPSA) is 106 Å². The van der Waals surface area contributed by atoms with E-state index in [-0.39, 0.29) is 5.69 Å².